The Hall–Kier alpha value is -9.38. The molecule has 12 aromatic rings. The van der Waals surface area contributed by atoms with Gasteiger partial charge >= 0.3 is 0 Å². The van der Waals surface area contributed by atoms with Crippen molar-refractivity contribution in [2.75, 3.05) is 14.7 Å². The molecule has 0 saturated heterocycles. The quantitative estimate of drug-likeness (QED) is 0.143. The van der Waals surface area contributed by atoms with Crippen LogP contribution in [-0.2, 0) is 0 Å². The average Bonchev–Trinajstić information content (AvgIpc) is 3.78. The molecule has 0 bridgehead atoms. The lowest BCUT2D eigenvalue weighted by Gasteiger charge is -2.42. The summed E-state index contributed by atoms with van der Waals surface area (Å²) in [5, 5.41) is 3.62. The van der Waals surface area contributed by atoms with E-state index in [0.717, 1.165) is 73.5 Å². The van der Waals surface area contributed by atoms with Gasteiger partial charge in [0.05, 0.1) is 28.3 Å². The van der Waals surface area contributed by atoms with E-state index in [1.807, 2.05) is 0 Å². The maximum Gasteiger partial charge on any atom is 0.148 e. The Morgan fingerprint density at radius 3 is 1.37 bits per heavy atom. The molecular formula is C66H46N4. The SMILES string of the molecule is c1ccc(-c2ccc(-c3ccc(N(c4ccc(-c5cccc6ccccc56)cc4)c4cccc5c4N(c4ccccc4)c4c(n(-c6ccccc6)c6ccccc46)N5c4ccccc4)cc3)cc2)cc1. The minimum absolute atomic E-state index is 1.04. The summed E-state index contributed by atoms with van der Waals surface area (Å²) in [5.74, 6) is 1.07. The number of hydrogen-bond acceptors (Lipinski definition) is 3. The van der Waals surface area contributed by atoms with E-state index >= 15 is 0 Å². The molecule has 0 spiro atoms. The second kappa shape index (κ2) is 17.4. The van der Waals surface area contributed by atoms with E-state index in [-0.39, 0.29) is 0 Å². The van der Waals surface area contributed by atoms with Crippen LogP contribution in [0.5, 0.6) is 0 Å². The van der Waals surface area contributed by atoms with Gasteiger partial charge in [0.25, 0.3) is 0 Å². The summed E-state index contributed by atoms with van der Waals surface area (Å²) in [7, 11) is 0. The van der Waals surface area contributed by atoms with Crippen molar-refractivity contribution in [1.82, 2.24) is 4.57 Å². The summed E-state index contributed by atoms with van der Waals surface area (Å²) in [6, 6.07) is 101. The number of rotatable bonds is 9. The number of anilines is 9. The van der Waals surface area contributed by atoms with Crippen molar-refractivity contribution in [2.45, 2.75) is 0 Å². The Morgan fingerprint density at radius 2 is 0.743 bits per heavy atom. The van der Waals surface area contributed by atoms with Crippen molar-refractivity contribution in [3.8, 4) is 39.1 Å². The third kappa shape index (κ3) is 7.01. The van der Waals surface area contributed by atoms with E-state index in [1.54, 1.807) is 0 Å². The van der Waals surface area contributed by atoms with Gasteiger partial charge in [-0.1, -0.05) is 200 Å². The van der Waals surface area contributed by atoms with E-state index in [1.165, 1.54) is 38.6 Å². The van der Waals surface area contributed by atoms with E-state index in [2.05, 4.69) is 298 Å². The topological polar surface area (TPSA) is 14.7 Å². The van der Waals surface area contributed by atoms with Gasteiger partial charge in [0.15, 0.2) is 0 Å². The number of benzene rings is 11. The van der Waals surface area contributed by atoms with Gasteiger partial charge < -0.3 is 9.80 Å². The Bertz CT molecular complexity index is 3790. The molecule has 0 atom stereocenters. The van der Waals surface area contributed by atoms with Crippen LogP contribution in [0.3, 0.4) is 0 Å². The Balaban J connectivity index is 1.04. The molecule has 2 heterocycles. The smallest absolute Gasteiger partial charge is 0.148 e. The van der Waals surface area contributed by atoms with E-state index in [0.29, 0.717) is 0 Å². The molecule has 1 aliphatic heterocycles. The van der Waals surface area contributed by atoms with E-state index < -0.39 is 0 Å². The zero-order valence-electron chi connectivity index (χ0n) is 38.3. The summed E-state index contributed by atoms with van der Waals surface area (Å²) in [6.07, 6.45) is 0. The fourth-order valence-electron chi connectivity index (χ4n) is 10.5. The molecule has 0 N–H and O–H groups in total. The molecule has 4 heteroatoms. The van der Waals surface area contributed by atoms with Crippen molar-refractivity contribution in [3.05, 3.63) is 279 Å². The van der Waals surface area contributed by atoms with Crippen molar-refractivity contribution >= 4 is 73.0 Å². The summed E-state index contributed by atoms with van der Waals surface area (Å²) in [6.45, 7) is 0. The van der Waals surface area contributed by atoms with Gasteiger partial charge in [-0.2, -0.15) is 0 Å². The lowest BCUT2D eigenvalue weighted by atomic mass is 9.97. The first-order valence-electron chi connectivity index (χ1n) is 23.9. The predicted molar refractivity (Wildman–Crippen MR) is 295 cm³/mol. The van der Waals surface area contributed by atoms with Crippen LogP contribution in [0.4, 0.5) is 51.3 Å². The molecule has 11 aromatic carbocycles. The molecule has 13 rings (SSSR count). The normalized spacial score (nSPS) is 11.9. The van der Waals surface area contributed by atoms with Crippen LogP contribution in [0.2, 0.25) is 0 Å². The van der Waals surface area contributed by atoms with E-state index in [4.69, 9.17) is 0 Å². The average molecular weight is 895 g/mol. The summed E-state index contributed by atoms with van der Waals surface area (Å²) in [4.78, 5) is 7.40. The fourth-order valence-corrected chi connectivity index (χ4v) is 10.5. The molecule has 0 aliphatic carbocycles. The first kappa shape index (κ1) is 40.9. The number of para-hydroxylation sites is 5. The molecule has 0 fully saturated rings. The highest BCUT2D eigenvalue weighted by Crippen LogP contribution is 2.61. The predicted octanol–water partition coefficient (Wildman–Crippen LogP) is 18.5. The van der Waals surface area contributed by atoms with Crippen molar-refractivity contribution in [1.29, 1.82) is 0 Å². The van der Waals surface area contributed by atoms with Gasteiger partial charge in [0, 0.05) is 33.8 Å². The largest absolute Gasteiger partial charge is 0.308 e. The minimum atomic E-state index is 1.04. The first-order valence-corrected chi connectivity index (χ1v) is 23.9. The summed E-state index contributed by atoms with van der Waals surface area (Å²) >= 11 is 0. The Morgan fingerprint density at radius 1 is 0.286 bits per heavy atom. The van der Waals surface area contributed by atoms with Crippen LogP contribution in [0.25, 0.3) is 60.7 Å². The van der Waals surface area contributed by atoms with Gasteiger partial charge in [-0.05, 0) is 123 Å². The number of aromatic nitrogens is 1. The zero-order valence-corrected chi connectivity index (χ0v) is 38.3. The van der Waals surface area contributed by atoms with Crippen LogP contribution < -0.4 is 14.7 Å². The molecule has 4 nitrogen and oxygen atoms in total. The number of hydrogen-bond donors (Lipinski definition) is 0. The molecule has 330 valence electrons. The summed E-state index contributed by atoms with van der Waals surface area (Å²) < 4.78 is 2.43. The monoisotopic (exact) mass is 894 g/mol. The standard InChI is InChI=1S/C66H46N4/c1-5-19-47(20-6-1)48-35-37-49(38-36-48)50-39-43-56(44-40-50)67(57-45-41-52(42-46-57)59-31-17-22-51-21-13-14-29-58(51)59)62-33-18-34-63-65(62)70(55-27-11-4-12-28-55)64-60-30-15-16-32-61(60)68(53-23-7-2-8-24-53)66(64)69(63)54-25-9-3-10-26-54/h1-46H. The third-order valence-corrected chi connectivity index (χ3v) is 13.7. The molecule has 0 saturated carbocycles. The molecular weight excluding hydrogens is 849 g/mol. The van der Waals surface area contributed by atoms with Crippen LogP contribution in [0, 0.1) is 0 Å². The fraction of sp³-hybridized carbons (Fsp3) is 0. The highest BCUT2D eigenvalue weighted by atomic mass is 15.4. The second-order valence-electron chi connectivity index (χ2n) is 17.7. The van der Waals surface area contributed by atoms with Crippen molar-refractivity contribution < 1.29 is 0 Å². The minimum Gasteiger partial charge on any atom is -0.308 e. The lowest BCUT2D eigenvalue weighted by molar-refractivity contribution is 1.05. The molecule has 0 unspecified atom stereocenters. The Kier molecular flexibility index (Phi) is 10.1. The van der Waals surface area contributed by atoms with E-state index in [9.17, 15) is 0 Å². The lowest BCUT2D eigenvalue weighted by Crippen LogP contribution is -2.27. The van der Waals surface area contributed by atoms with Crippen LogP contribution >= 0.6 is 0 Å². The maximum absolute atomic E-state index is 2.50. The highest BCUT2D eigenvalue weighted by Gasteiger charge is 2.39. The second-order valence-corrected chi connectivity index (χ2v) is 17.7. The van der Waals surface area contributed by atoms with Gasteiger partial charge in [-0.15, -0.1) is 0 Å². The molecule has 1 aromatic heterocycles. The molecule has 0 radical (unpaired) electrons. The zero-order chi connectivity index (χ0) is 46.4. The summed E-state index contributed by atoms with van der Waals surface area (Å²) in [5.41, 5.74) is 17.9. The van der Waals surface area contributed by atoms with Crippen LogP contribution in [0.1, 0.15) is 0 Å². The highest BCUT2D eigenvalue weighted by molar-refractivity contribution is 6.16. The molecule has 1 aliphatic rings. The van der Waals surface area contributed by atoms with Crippen molar-refractivity contribution in [3.63, 3.8) is 0 Å². The maximum atomic E-state index is 2.50. The van der Waals surface area contributed by atoms with Crippen LogP contribution in [-0.4, -0.2) is 4.57 Å². The van der Waals surface area contributed by atoms with Gasteiger partial charge in [0.2, 0.25) is 0 Å². The third-order valence-electron chi connectivity index (χ3n) is 13.7. The van der Waals surface area contributed by atoms with Gasteiger partial charge in [-0.3, -0.25) is 9.47 Å². The van der Waals surface area contributed by atoms with Crippen LogP contribution in [0.15, 0.2) is 279 Å². The molecule has 70 heavy (non-hydrogen) atoms. The van der Waals surface area contributed by atoms with Gasteiger partial charge in [0.1, 0.15) is 5.82 Å². The first-order chi connectivity index (χ1) is 34.8. The number of fused-ring (bicyclic) bond motifs is 5. The van der Waals surface area contributed by atoms with Gasteiger partial charge in [-0.25, -0.2) is 0 Å². The Labute approximate surface area is 408 Å². The molecule has 0 amide bonds. The van der Waals surface area contributed by atoms with Crippen molar-refractivity contribution in [2.24, 2.45) is 0 Å². The number of nitrogens with zero attached hydrogens (tertiary/aromatic N) is 4.